The Morgan fingerprint density at radius 3 is 2.64 bits per heavy atom. The van der Waals surface area contributed by atoms with Crippen molar-refractivity contribution in [3.05, 3.63) is 58.3 Å². The first-order valence-corrected chi connectivity index (χ1v) is 11.1. The summed E-state index contributed by atoms with van der Waals surface area (Å²) in [5.74, 6) is 0.869. The second-order valence-corrected chi connectivity index (χ2v) is 8.13. The van der Waals surface area contributed by atoms with Crippen molar-refractivity contribution in [2.45, 2.75) is 44.8 Å². The molecular weight excluding hydrogens is 368 g/mol. The molecule has 152 valence electrons. The molecule has 2 aromatic rings. The number of ether oxygens (including phenoxy) is 1. The van der Waals surface area contributed by atoms with Gasteiger partial charge in [-0.05, 0) is 54.6 Å². The third kappa shape index (κ3) is 6.06. The third-order valence-corrected chi connectivity index (χ3v) is 5.94. The van der Waals surface area contributed by atoms with Crippen molar-refractivity contribution >= 4 is 17.3 Å². The molecule has 5 nitrogen and oxygen atoms in total. The van der Waals surface area contributed by atoms with Crippen LogP contribution < -0.4 is 16.0 Å². The van der Waals surface area contributed by atoms with Gasteiger partial charge in [0.2, 0.25) is 0 Å². The first-order valence-electron chi connectivity index (χ1n) is 10.1. The number of benzene rings is 1. The van der Waals surface area contributed by atoms with Crippen LogP contribution in [0.1, 0.15) is 43.9 Å². The number of thiophene rings is 1. The van der Waals surface area contributed by atoms with Crippen LogP contribution in [-0.4, -0.2) is 37.8 Å². The number of guanidine groups is 1. The van der Waals surface area contributed by atoms with E-state index in [0.717, 1.165) is 45.1 Å². The van der Waals surface area contributed by atoms with E-state index in [2.05, 4.69) is 77.0 Å². The smallest absolute Gasteiger partial charge is 0.191 e. The summed E-state index contributed by atoms with van der Waals surface area (Å²) in [6.07, 6.45) is 1.97. The predicted molar refractivity (Wildman–Crippen MR) is 118 cm³/mol. The molecule has 6 heteroatoms. The van der Waals surface area contributed by atoms with Gasteiger partial charge in [-0.25, -0.2) is 4.99 Å². The second kappa shape index (κ2) is 10.6. The van der Waals surface area contributed by atoms with Gasteiger partial charge in [-0.3, -0.25) is 0 Å². The monoisotopic (exact) mass is 400 g/mol. The summed E-state index contributed by atoms with van der Waals surface area (Å²) >= 11 is 1.71. The molecule has 3 rings (SSSR count). The number of hydrogen-bond donors (Lipinski definition) is 3. The van der Waals surface area contributed by atoms with Crippen molar-refractivity contribution in [3.8, 4) is 0 Å². The molecule has 1 aromatic heterocycles. The fourth-order valence-electron chi connectivity index (χ4n) is 3.57. The summed E-state index contributed by atoms with van der Waals surface area (Å²) in [7, 11) is 0. The van der Waals surface area contributed by atoms with Gasteiger partial charge in [0.05, 0.1) is 6.54 Å². The Morgan fingerprint density at radius 1 is 1.18 bits per heavy atom. The lowest BCUT2D eigenvalue weighted by molar-refractivity contribution is 0.0355. The molecule has 28 heavy (non-hydrogen) atoms. The Morgan fingerprint density at radius 2 is 1.96 bits per heavy atom. The maximum Gasteiger partial charge on any atom is 0.191 e. The minimum Gasteiger partial charge on any atom is -0.381 e. The van der Waals surface area contributed by atoms with Crippen LogP contribution in [0.4, 0.5) is 0 Å². The van der Waals surface area contributed by atoms with Gasteiger partial charge in [-0.2, -0.15) is 11.3 Å². The molecule has 0 spiro atoms. The molecule has 0 amide bonds. The van der Waals surface area contributed by atoms with E-state index in [1.54, 1.807) is 11.3 Å². The second-order valence-electron chi connectivity index (χ2n) is 7.35. The first-order chi connectivity index (χ1) is 13.7. The van der Waals surface area contributed by atoms with E-state index in [0.29, 0.717) is 6.54 Å². The molecule has 0 radical (unpaired) electrons. The van der Waals surface area contributed by atoms with E-state index in [1.165, 1.54) is 11.1 Å². The van der Waals surface area contributed by atoms with Crippen LogP contribution in [0.5, 0.6) is 0 Å². The standard InChI is InChI=1S/C22H32N4OS/c1-3-23-21(24-15-19-9-14-28-16-19)25-17-22(10-12-27-13-11-22)26-18(2)20-7-5-4-6-8-20/h4-9,14,16,18,26H,3,10-13,15,17H2,1-2H3,(H2,23,24,25). The van der Waals surface area contributed by atoms with Crippen LogP contribution in [0.15, 0.2) is 52.2 Å². The van der Waals surface area contributed by atoms with E-state index in [1.807, 2.05) is 0 Å². The van der Waals surface area contributed by atoms with Crippen molar-refractivity contribution in [2.75, 3.05) is 26.3 Å². The highest BCUT2D eigenvalue weighted by atomic mass is 32.1. The van der Waals surface area contributed by atoms with Crippen molar-refractivity contribution in [2.24, 2.45) is 4.99 Å². The number of hydrogen-bond acceptors (Lipinski definition) is 4. The van der Waals surface area contributed by atoms with Crippen LogP contribution in [0.3, 0.4) is 0 Å². The maximum absolute atomic E-state index is 5.65. The Balaban J connectivity index is 1.65. The van der Waals surface area contributed by atoms with E-state index >= 15 is 0 Å². The van der Waals surface area contributed by atoms with Gasteiger partial charge in [0, 0.05) is 37.9 Å². The summed E-state index contributed by atoms with van der Waals surface area (Å²) in [6.45, 7) is 8.28. The third-order valence-electron chi connectivity index (χ3n) is 5.21. The fraction of sp³-hybridized carbons (Fsp3) is 0.500. The van der Waals surface area contributed by atoms with Crippen LogP contribution >= 0.6 is 11.3 Å². The Labute approximate surface area is 172 Å². The summed E-state index contributed by atoms with van der Waals surface area (Å²) in [4.78, 5) is 4.75. The van der Waals surface area contributed by atoms with Crippen molar-refractivity contribution < 1.29 is 4.74 Å². The van der Waals surface area contributed by atoms with Crippen molar-refractivity contribution in [1.82, 2.24) is 16.0 Å². The fourth-order valence-corrected chi connectivity index (χ4v) is 4.23. The number of nitrogens with zero attached hydrogens (tertiary/aromatic N) is 1. The zero-order valence-corrected chi connectivity index (χ0v) is 17.7. The molecular formula is C22H32N4OS. The lowest BCUT2D eigenvalue weighted by atomic mass is 9.88. The number of rotatable bonds is 8. The lowest BCUT2D eigenvalue weighted by Crippen LogP contribution is -2.58. The van der Waals surface area contributed by atoms with Gasteiger partial charge in [-0.1, -0.05) is 30.3 Å². The van der Waals surface area contributed by atoms with E-state index in [-0.39, 0.29) is 11.6 Å². The molecule has 0 aliphatic carbocycles. The molecule has 1 saturated heterocycles. The summed E-state index contributed by atoms with van der Waals surface area (Å²) in [5.41, 5.74) is 2.55. The molecule has 0 saturated carbocycles. The largest absolute Gasteiger partial charge is 0.381 e. The Hall–Kier alpha value is -1.89. The van der Waals surface area contributed by atoms with E-state index < -0.39 is 0 Å². The summed E-state index contributed by atoms with van der Waals surface area (Å²) in [6, 6.07) is 13.0. The SMILES string of the molecule is CCNC(=NCc1ccsc1)NCC1(NC(C)c2ccccc2)CCOCC1. The maximum atomic E-state index is 5.65. The zero-order chi connectivity index (χ0) is 19.7. The summed E-state index contributed by atoms with van der Waals surface area (Å²) < 4.78 is 5.65. The van der Waals surface area contributed by atoms with Gasteiger partial charge >= 0.3 is 0 Å². The van der Waals surface area contributed by atoms with Crippen LogP contribution in [0.25, 0.3) is 0 Å². The highest BCUT2D eigenvalue weighted by molar-refractivity contribution is 7.07. The van der Waals surface area contributed by atoms with E-state index in [4.69, 9.17) is 9.73 Å². The molecule has 1 aliphatic rings. The highest BCUT2D eigenvalue weighted by Gasteiger charge is 2.34. The molecule has 0 bridgehead atoms. The first kappa shape index (κ1) is 20.8. The lowest BCUT2D eigenvalue weighted by Gasteiger charge is -2.41. The van der Waals surface area contributed by atoms with Gasteiger partial charge < -0.3 is 20.7 Å². The predicted octanol–water partition coefficient (Wildman–Crippen LogP) is 3.70. The zero-order valence-electron chi connectivity index (χ0n) is 16.9. The van der Waals surface area contributed by atoms with Crippen LogP contribution in [0, 0.1) is 0 Å². The Kier molecular flexibility index (Phi) is 7.89. The van der Waals surface area contributed by atoms with Crippen LogP contribution in [0.2, 0.25) is 0 Å². The van der Waals surface area contributed by atoms with Gasteiger partial charge in [-0.15, -0.1) is 0 Å². The van der Waals surface area contributed by atoms with Crippen molar-refractivity contribution in [1.29, 1.82) is 0 Å². The normalized spacial score (nSPS) is 17.9. The highest BCUT2D eigenvalue weighted by Crippen LogP contribution is 2.25. The minimum atomic E-state index is -0.00786. The minimum absolute atomic E-state index is 0.00786. The quantitative estimate of drug-likeness (QED) is 0.467. The van der Waals surface area contributed by atoms with Crippen LogP contribution in [-0.2, 0) is 11.3 Å². The van der Waals surface area contributed by atoms with Crippen molar-refractivity contribution in [3.63, 3.8) is 0 Å². The molecule has 1 aromatic carbocycles. The average Bonchev–Trinajstić information content (AvgIpc) is 3.25. The molecule has 1 unspecified atom stereocenters. The molecule has 1 fully saturated rings. The molecule has 1 atom stereocenters. The Bertz CT molecular complexity index is 711. The molecule has 1 aliphatic heterocycles. The van der Waals surface area contributed by atoms with Gasteiger partial charge in [0.15, 0.2) is 5.96 Å². The molecule has 3 N–H and O–H groups in total. The number of aliphatic imine (C=N–C) groups is 1. The molecule has 2 heterocycles. The average molecular weight is 401 g/mol. The van der Waals surface area contributed by atoms with Gasteiger partial charge in [0.25, 0.3) is 0 Å². The topological polar surface area (TPSA) is 57.7 Å². The summed E-state index contributed by atoms with van der Waals surface area (Å²) in [5, 5.41) is 15.1. The number of nitrogens with one attached hydrogen (secondary N) is 3. The van der Waals surface area contributed by atoms with E-state index in [9.17, 15) is 0 Å². The van der Waals surface area contributed by atoms with Gasteiger partial charge in [0.1, 0.15) is 0 Å².